The summed E-state index contributed by atoms with van der Waals surface area (Å²) in [7, 11) is 0. The van der Waals surface area contributed by atoms with Gasteiger partial charge in [0.2, 0.25) is 5.79 Å². The number of rotatable bonds is 6. The molecule has 3 heteroatoms. The van der Waals surface area contributed by atoms with Crippen LogP contribution in [0.15, 0.2) is 61.2 Å². The topological polar surface area (TPSA) is 35.5 Å². The van der Waals surface area contributed by atoms with Crippen molar-refractivity contribution in [3.63, 3.8) is 0 Å². The maximum atomic E-state index is 12.4. The van der Waals surface area contributed by atoms with E-state index in [2.05, 4.69) is 6.58 Å². The van der Waals surface area contributed by atoms with Crippen molar-refractivity contribution >= 4 is 12.0 Å². The number of ether oxygens (including phenoxy) is 2. The fraction of sp³-hybridized carbons (Fsp3) is 0.211. The third-order valence-corrected chi connectivity index (χ3v) is 3.39. The first-order valence-electron chi connectivity index (χ1n) is 7.24. The highest BCUT2D eigenvalue weighted by molar-refractivity contribution is 5.89. The predicted molar refractivity (Wildman–Crippen MR) is 87.4 cm³/mol. The van der Waals surface area contributed by atoms with Gasteiger partial charge in [0.25, 0.3) is 0 Å². The lowest BCUT2D eigenvalue weighted by molar-refractivity contribution is -0.197. The average Bonchev–Trinajstić information content (AvgIpc) is 2.56. The molecule has 0 heterocycles. The molecule has 0 aliphatic carbocycles. The number of carbonyl (C=O) groups excluding carboxylic acids is 1. The number of hydrogen-bond donors (Lipinski definition) is 0. The van der Waals surface area contributed by atoms with Crippen LogP contribution in [0.2, 0.25) is 0 Å². The molecule has 1 atom stereocenters. The zero-order valence-electron chi connectivity index (χ0n) is 12.9. The zero-order valence-corrected chi connectivity index (χ0v) is 12.9. The lowest BCUT2D eigenvalue weighted by atomic mass is 10.1. The number of carbonyl (C=O) groups is 1. The Bertz CT molecular complexity index is 631. The normalized spacial score (nSPS) is 13.2. The molecule has 22 heavy (non-hydrogen) atoms. The van der Waals surface area contributed by atoms with Gasteiger partial charge in [0.05, 0.1) is 5.56 Å². The van der Waals surface area contributed by atoms with E-state index < -0.39 is 11.8 Å². The van der Waals surface area contributed by atoms with Crippen molar-refractivity contribution in [2.75, 3.05) is 6.61 Å². The van der Waals surface area contributed by atoms with Crippen LogP contribution in [0.5, 0.6) is 0 Å². The molecule has 0 spiro atoms. The summed E-state index contributed by atoms with van der Waals surface area (Å²) in [5.74, 6) is -1.53. The Morgan fingerprint density at radius 2 is 1.77 bits per heavy atom. The molecule has 0 aliphatic rings. The Kier molecular flexibility index (Phi) is 5.12. The van der Waals surface area contributed by atoms with E-state index in [4.69, 9.17) is 9.47 Å². The summed E-state index contributed by atoms with van der Waals surface area (Å²) in [4.78, 5) is 12.4. The molecule has 0 radical (unpaired) electrons. The number of esters is 1. The van der Waals surface area contributed by atoms with E-state index in [9.17, 15) is 4.79 Å². The average molecular weight is 296 g/mol. The van der Waals surface area contributed by atoms with Gasteiger partial charge in [-0.05, 0) is 24.6 Å². The molecule has 0 N–H and O–H groups in total. The summed E-state index contributed by atoms with van der Waals surface area (Å²) in [5.41, 5.74) is 2.23. The van der Waals surface area contributed by atoms with Gasteiger partial charge in [-0.25, -0.2) is 4.79 Å². The summed E-state index contributed by atoms with van der Waals surface area (Å²) >= 11 is 0. The molecule has 3 nitrogen and oxygen atoms in total. The maximum absolute atomic E-state index is 12.4. The lowest BCUT2D eigenvalue weighted by Gasteiger charge is -2.29. The summed E-state index contributed by atoms with van der Waals surface area (Å²) in [6.07, 6.45) is 1.73. The molecule has 0 fully saturated rings. The van der Waals surface area contributed by atoms with Crippen LogP contribution in [-0.2, 0) is 15.3 Å². The molecule has 2 aromatic rings. The molecule has 0 aliphatic heterocycles. The van der Waals surface area contributed by atoms with Gasteiger partial charge in [-0.1, -0.05) is 55.1 Å². The van der Waals surface area contributed by atoms with Gasteiger partial charge in [0.15, 0.2) is 0 Å². The van der Waals surface area contributed by atoms with Crippen LogP contribution in [0.25, 0.3) is 6.08 Å². The Labute approximate surface area is 131 Å². The van der Waals surface area contributed by atoms with E-state index in [1.54, 1.807) is 25.1 Å². The second-order valence-electron chi connectivity index (χ2n) is 4.96. The fourth-order valence-electron chi connectivity index (χ4n) is 2.18. The maximum Gasteiger partial charge on any atom is 0.340 e. The second kappa shape index (κ2) is 7.05. The molecule has 2 rings (SSSR count). The van der Waals surface area contributed by atoms with Gasteiger partial charge in [-0.3, -0.25) is 0 Å². The van der Waals surface area contributed by atoms with Crippen LogP contribution >= 0.6 is 0 Å². The SMILES string of the molecule is C=Cc1ccc(C(=O)OC(C)(OCC)c2ccccc2)cc1. The van der Waals surface area contributed by atoms with E-state index in [0.717, 1.165) is 11.1 Å². The molecular weight excluding hydrogens is 276 g/mol. The van der Waals surface area contributed by atoms with Crippen molar-refractivity contribution in [1.29, 1.82) is 0 Å². The van der Waals surface area contributed by atoms with E-state index in [1.165, 1.54) is 0 Å². The third kappa shape index (κ3) is 3.62. The van der Waals surface area contributed by atoms with E-state index in [0.29, 0.717) is 12.2 Å². The highest BCUT2D eigenvalue weighted by atomic mass is 16.7. The predicted octanol–water partition coefficient (Wildman–Crippen LogP) is 4.40. The largest absolute Gasteiger partial charge is 0.425 e. The van der Waals surface area contributed by atoms with Crippen molar-refractivity contribution < 1.29 is 14.3 Å². The molecule has 1 unspecified atom stereocenters. The molecular formula is C19H20O3. The highest BCUT2D eigenvalue weighted by Gasteiger charge is 2.32. The van der Waals surface area contributed by atoms with Crippen molar-refractivity contribution in [3.05, 3.63) is 77.9 Å². The highest BCUT2D eigenvalue weighted by Crippen LogP contribution is 2.28. The minimum absolute atomic E-state index is 0.421. The first-order valence-corrected chi connectivity index (χ1v) is 7.24. The number of benzene rings is 2. The molecule has 0 saturated carbocycles. The van der Waals surface area contributed by atoms with Crippen LogP contribution in [0.3, 0.4) is 0 Å². The van der Waals surface area contributed by atoms with Gasteiger partial charge < -0.3 is 9.47 Å². The van der Waals surface area contributed by atoms with Crippen molar-refractivity contribution in [2.24, 2.45) is 0 Å². The van der Waals surface area contributed by atoms with Crippen LogP contribution in [0.4, 0.5) is 0 Å². The fourth-order valence-corrected chi connectivity index (χ4v) is 2.18. The first-order chi connectivity index (χ1) is 10.6. The third-order valence-electron chi connectivity index (χ3n) is 3.39. The van der Waals surface area contributed by atoms with Crippen molar-refractivity contribution in [2.45, 2.75) is 19.6 Å². The Morgan fingerprint density at radius 3 is 2.32 bits per heavy atom. The standard InChI is InChI=1S/C19H20O3/c1-4-15-11-13-16(14-12-15)18(20)22-19(3,21-5-2)17-9-7-6-8-10-17/h4,6-14H,1,5H2,2-3H3. The Hall–Kier alpha value is -2.39. The summed E-state index contributed by atoms with van der Waals surface area (Å²) in [5, 5.41) is 0. The Balaban J connectivity index is 2.23. The molecule has 0 bridgehead atoms. The van der Waals surface area contributed by atoms with Gasteiger partial charge in [0.1, 0.15) is 0 Å². The van der Waals surface area contributed by atoms with Crippen LogP contribution in [0.1, 0.15) is 35.3 Å². The van der Waals surface area contributed by atoms with Gasteiger partial charge in [0, 0.05) is 19.1 Å². The first kappa shape index (κ1) is 16.0. The van der Waals surface area contributed by atoms with E-state index >= 15 is 0 Å². The molecule has 0 saturated heterocycles. The second-order valence-corrected chi connectivity index (χ2v) is 4.96. The summed E-state index contributed by atoms with van der Waals surface area (Å²) in [6, 6.07) is 16.5. The summed E-state index contributed by atoms with van der Waals surface area (Å²) < 4.78 is 11.3. The lowest BCUT2D eigenvalue weighted by Crippen LogP contribution is -2.32. The van der Waals surface area contributed by atoms with Crippen LogP contribution < -0.4 is 0 Å². The number of hydrogen-bond acceptors (Lipinski definition) is 3. The smallest absolute Gasteiger partial charge is 0.340 e. The van der Waals surface area contributed by atoms with Gasteiger partial charge >= 0.3 is 5.97 Å². The van der Waals surface area contributed by atoms with Gasteiger partial charge in [-0.15, -0.1) is 0 Å². The quantitative estimate of drug-likeness (QED) is 0.585. The minimum Gasteiger partial charge on any atom is -0.425 e. The minimum atomic E-state index is -1.11. The van der Waals surface area contributed by atoms with Gasteiger partial charge in [-0.2, -0.15) is 0 Å². The molecule has 0 aromatic heterocycles. The van der Waals surface area contributed by atoms with Crippen LogP contribution in [0, 0.1) is 0 Å². The van der Waals surface area contributed by atoms with E-state index in [-0.39, 0.29) is 0 Å². The summed E-state index contributed by atoms with van der Waals surface area (Å²) in [6.45, 7) is 7.75. The molecule has 114 valence electrons. The van der Waals surface area contributed by atoms with Crippen molar-refractivity contribution in [3.8, 4) is 0 Å². The van der Waals surface area contributed by atoms with Crippen molar-refractivity contribution in [1.82, 2.24) is 0 Å². The van der Waals surface area contributed by atoms with Crippen LogP contribution in [-0.4, -0.2) is 12.6 Å². The zero-order chi connectivity index (χ0) is 16.0. The Morgan fingerprint density at radius 1 is 1.14 bits per heavy atom. The monoisotopic (exact) mass is 296 g/mol. The molecule has 2 aromatic carbocycles. The molecule has 0 amide bonds. The van der Waals surface area contributed by atoms with E-state index in [1.807, 2.05) is 49.4 Å².